The van der Waals surface area contributed by atoms with E-state index < -0.39 is 11.9 Å². The minimum atomic E-state index is -0.502. The maximum absolute atomic E-state index is 12.2. The average Bonchev–Trinajstić information content (AvgIpc) is 3.01. The van der Waals surface area contributed by atoms with Gasteiger partial charge in [0.05, 0.1) is 6.61 Å². The fourth-order valence-corrected chi connectivity index (χ4v) is 2.35. The molecule has 0 aliphatic carbocycles. The molecule has 0 fully saturated rings. The number of rotatable bonds is 7. The average molecular weight is 357 g/mol. The standard InChI is InChI=1S/C19H23N3O4/c1-5-25-18(23)11-15(4)20-19(24)17-6-7-22(21-17)12-26-16-9-13(2)8-14(3)10-16/h6-11H,5,12H2,1-4H3,(H,20,24)/b15-11+. The van der Waals surface area contributed by atoms with E-state index in [1.807, 2.05) is 26.0 Å². The number of hydrogen-bond donors (Lipinski definition) is 1. The number of ether oxygens (including phenoxy) is 2. The molecule has 0 radical (unpaired) electrons. The quantitative estimate of drug-likeness (QED) is 0.609. The summed E-state index contributed by atoms with van der Waals surface area (Å²) in [4.78, 5) is 23.5. The van der Waals surface area contributed by atoms with E-state index in [1.54, 1.807) is 26.1 Å². The normalized spacial score (nSPS) is 11.2. The van der Waals surface area contributed by atoms with Gasteiger partial charge in [0.25, 0.3) is 5.91 Å². The first-order valence-electron chi connectivity index (χ1n) is 8.28. The first-order valence-corrected chi connectivity index (χ1v) is 8.28. The van der Waals surface area contributed by atoms with Crippen molar-refractivity contribution >= 4 is 11.9 Å². The van der Waals surface area contributed by atoms with E-state index in [2.05, 4.69) is 16.5 Å². The van der Waals surface area contributed by atoms with Gasteiger partial charge in [-0.1, -0.05) is 6.07 Å². The minimum Gasteiger partial charge on any atom is -0.471 e. The molecule has 0 aliphatic rings. The van der Waals surface area contributed by atoms with E-state index in [0.717, 1.165) is 16.9 Å². The van der Waals surface area contributed by atoms with Crippen molar-refractivity contribution < 1.29 is 19.1 Å². The molecule has 0 saturated carbocycles. The molecule has 0 saturated heterocycles. The first kappa shape index (κ1) is 19.2. The van der Waals surface area contributed by atoms with Crippen LogP contribution in [-0.4, -0.2) is 28.3 Å². The third kappa shape index (κ3) is 5.77. The fourth-order valence-electron chi connectivity index (χ4n) is 2.35. The van der Waals surface area contributed by atoms with Gasteiger partial charge in [-0.15, -0.1) is 0 Å². The van der Waals surface area contributed by atoms with Crippen LogP contribution in [0.15, 0.2) is 42.2 Å². The van der Waals surface area contributed by atoms with Crippen LogP contribution in [0.2, 0.25) is 0 Å². The van der Waals surface area contributed by atoms with Gasteiger partial charge < -0.3 is 14.8 Å². The molecule has 1 aromatic carbocycles. The zero-order valence-electron chi connectivity index (χ0n) is 15.4. The maximum atomic E-state index is 12.2. The van der Waals surface area contributed by atoms with Gasteiger partial charge in [-0.3, -0.25) is 4.79 Å². The Morgan fingerprint density at radius 1 is 1.23 bits per heavy atom. The van der Waals surface area contributed by atoms with Crippen molar-refractivity contribution in [3.05, 3.63) is 59.1 Å². The van der Waals surface area contributed by atoms with E-state index in [9.17, 15) is 9.59 Å². The van der Waals surface area contributed by atoms with E-state index >= 15 is 0 Å². The summed E-state index contributed by atoms with van der Waals surface area (Å²) in [5.41, 5.74) is 2.84. The molecule has 7 heteroatoms. The van der Waals surface area contributed by atoms with Gasteiger partial charge in [-0.05, 0) is 57.0 Å². The topological polar surface area (TPSA) is 82.5 Å². The van der Waals surface area contributed by atoms with Crippen LogP contribution in [0.4, 0.5) is 0 Å². The number of allylic oxidation sites excluding steroid dienone is 1. The van der Waals surface area contributed by atoms with Crippen LogP contribution in [-0.2, 0) is 16.3 Å². The molecule has 0 unspecified atom stereocenters. The van der Waals surface area contributed by atoms with E-state index in [-0.39, 0.29) is 19.0 Å². The Kier molecular flexibility index (Phi) is 6.54. The van der Waals surface area contributed by atoms with Gasteiger partial charge >= 0.3 is 5.97 Å². The number of nitrogens with one attached hydrogen (secondary N) is 1. The van der Waals surface area contributed by atoms with Gasteiger partial charge in [-0.25, -0.2) is 9.48 Å². The Labute approximate surface area is 152 Å². The Morgan fingerprint density at radius 2 is 1.92 bits per heavy atom. The van der Waals surface area contributed by atoms with Crippen LogP contribution in [0.1, 0.15) is 35.5 Å². The van der Waals surface area contributed by atoms with Crippen molar-refractivity contribution in [1.29, 1.82) is 0 Å². The number of aryl methyl sites for hydroxylation is 2. The number of nitrogens with zero attached hydrogens (tertiary/aromatic N) is 2. The number of carbonyl (C=O) groups is 2. The fraction of sp³-hybridized carbons (Fsp3) is 0.316. The van der Waals surface area contributed by atoms with Gasteiger partial charge in [0.2, 0.25) is 0 Å². The lowest BCUT2D eigenvalue weighted by Crippen LogP contribution is -2.23. The van der Waals surface area contributed by atoms with E-state index in [1.165, 1.54) is 10.8 Å². The molecule has 1 heterocycles. The van der Waals surface area contributed by atoms with Crippen molar-refractivity contribution in [2.75, 3.05) is 6.61 Å². The van der Waals surface area contributed by atoms with E-state index in [4.69, 9.17) is 9.47 Å². The molecule has 1 amide bonds. The summed E-state index contributed by atoms with van der Waals surface area (Å²) in [7, 11) is 0. The monoisotopic (exact) mass is 357 g/mol. The van der Waals surface area contributed by atoms with Crippen LogP contribution in [0.25, 0.3) is 0 Å². The Bertz CT molecular complexity index is 804. The van der Waals surface area contributed by atoms with Crippen LogP contribution in [0.5, 0.6) is 5.75 Å². The summed E-state index contributed by atoms with van der Waals surface area (Å²) in [5.74, 6) is -0.164. The number of hydrogen-bond acceptors (Lipinski definition) is 5. The number of aromatic nitrogens is 2. The molecular formula is C19H23N3O4. The third-order valence-corrected chi connectivity index (χ3v) is 3.36. The van der Waals surface area contributed by atoms with Crippen LogP contribution < -0.4 is 10.1 Å². The van der Waals surface area contributed by atoms with Crippen molar-refractivity contribution in [1.82, 2.24) is 15.1 Å². The van der Waals surface area contributed by atoms with Crippen LogP contribution in [0.3, 0.4) is 0 Å². The Hall–Kier alpha value is -3.09. The number of amides is 1. The molecule has 0 aliphatic heterocycles. The maximum Gasteiger partial charge on any atom is 0.332 e. The molecular weight excluding hydrogens is 334 g/mol. The van der Waals surface area contributed by atoms with Gasteiger partial charge in [0.1, 0.15) is 5.75 Å². The van der Waals surface area contributed by atoms with Crippen molar-refractivity contribution in [3.8, 4) is 5.75 Å². The molecule has 2 rings (SSSR count). The molecule has 26 heavy (non-hydrogen) atoms. The van der Waals surface area contributed by atoms with Crippen molar-refractivity contribution in [2.24, 2.45) is 0 Å². The lowest BCUT2D eigenvalue weighted by Gasteiger charge is -2.08. The summed E-state index contributed by atoms with van der Waals surface area (Å²) < 4.78 is 12.0. The number of carbonyl (C=O) groups excluding carboxylic acids is 2. The molecule has 0 spiro atoms. The Morgan fingerprint density at radius 3 is 2.58 bits per heavy atom. The highest BCUT2D eigenvalue weighted by Gasteiger charge is 2.11. The SMILES string of the molecule is CCOC(=O)/C=C(\C)NC(=O)c1ccn(COc2cc(C)cc(C)c2)n1. The zero-order chi connectivity index (χ0) is 19.1. The number of benzene rings is 1. The lowest BCUT2D eigenvalue weighted by molar-refractivity contribution is -0.137. The summed E-state index contributed by atoms with van der Waals surface area (Å²) in [5, 5.41) is 6.77. The summed E-state index contributed by atoms with van der Waals surface area (Å²) >= 11 is 0. The second kappa shape index (κ2) is 8.84. The van der Waals surface area contributed by atoms with Gasteiger partial charge in [0, 0.05) is 18.0 Å². The lowest BCUT2D eigenvalue weighted by atomic mass is 10.1. The second-order valence-corrected chi connectivity index (χ2v) is 5.87. The predicted octanol–water partition coefficient (Wildman–Crippen LogP) is 2.73. The summed E-state index contributed by atoms with van der Waals surface area (Å²) in [6, 6.07) is 7.52. The first-order chi connectivity index (χ1) is 12.4. The molecule has 2 aromatic rings. The number of esters is 1. The Balaban J connectivity index is 1.94. The van der Waals surface area contributed by atoms with Crippen molar-refractivity contribution in [2.45, 2.75) is 34.4 Å². The van der Waals surface area contributed by atoms with Crippen molar-refractivity contribution in [3.63, 3.8) is 0 Å². The largest absolute Gasteiger partial charge is 0.471 e. The molecule has 1 N–H and O–H groups in total. The highest BCUT2D eigenvalue weighted by atomic mass is 16.5. The van der Waals surface area contributed by atoms with Crippen LogP contribution >= 0.6 is 0 Å². The molecule has 7 nitrogen and oxygen atoms in total. The third-order valence-electron chi connectivity index (χ3n) is 3.36. The van der Waals surface area contributed by atoms with Gasteiger partial charge in [0.15, 0.2) is 12.4 Å². The van der Waals surface area contributed by atoms with Crippen LogP contribution in [0, 0.1) is 13.8 Å². The summed E-state index contributed by atoms with van der Waals surface area (Å²) in [6.45, 7) is 7.79. The van der Waals surface area contributed by atoms with E-state index in [0.29, 0.717) is 5.70 Å². The second-order valence-electron chi connectivity index (χ2n) is 5.87. The smallest absolute Gasteiger partial charge is 0.332 e. The summed E-state index contributed by atoms with van der Waals surface area (Å²) in [6.07, 6.45) is 2.88. The highest BCUT2D eigenvalue weighted by Crippen LogP contribution is 2.16. The highest BCUT2D eigenvalue weighted by molar-refractivity contribution is 5.94. The molecule has 1 aromatic heterocycles. The van der Waals surface area contributed by atoms with Gasteiger partial charge in [-0.2, -0.15) is 5.10 Å². The molecule has 138 valence electrons. The molecule has 0 atom stereocenters. The minimum absolute atomic E-state index is 0.188. The predicted molar refractivity (Wildman–Crippen MR) is 96.6 cm³/mol. The zero-order valence-corrected chi connectivity index (χ0v) is 15.4. The molecule has 0 bridgehead atoms.